The summed E-state index contributed by atoms with van der Waals surface area (Å²) in [6.07, 6.45) is 15.8. The summed E-state index contributed by atoms with van der Waals surface area (Å²) in [4.78, 5) is 10.3. The summed E-state index contributed by atoms with van der Waals surface area (Å²) >= 11 is 0. The number of amides is 1. The van der Waals surface area contributed by atoms with Crippen molar-refractivity contribution in [3.63, 3.8) is 0 Å². The second-order valence-corrected chi connectivity index (χ2v) is 3.04. The molecule has 0 bridgehead atoms. The number of carbonyl (C=O) groups is 1. The van der Waals surface area contributed by atoms with Crippen LogP contribution in [-0.2, 0) is 4.79 Å². The third kappa shape index (κ3) is 10.7. The average Bonchev–Trinajstić information content (AvgIpc) is 2.15. The smallest absolute Gasteiger partial charge is 0.241 e. The lowest BCUT2D eigenvalue weighted by Crippen LogP contribution is -2.05. The maximum atomic E-state index is 10.3. The monoisotopic (exact) mass is 193 g/mol. The number of nitrogens with two attached hydrogens (primary N) is 1. The Labute approximate surface area is 86.2 Å². The first kappa shape index (κ1) is 12.7. The first-order chi connectivity index (χ1) is 6.77. The lowest BCUT2D eigenvalue weighted by Gasteiger charge is -1.91. The second kappa shape index (κ2) is 9.78. The molecule has 0 rings (SSSR count). The molecule has 0 aromatic rings. The lowest BCUT2D eigenvalue weighted by molar-refractivity contribution is -0.113. The molecule has 0 aliphatic heterocycles. The van der Waals surface area contributed by atoms with Crippen LogP contribution in [0.15, 0.2) is 36.5 Å². The largest absolute Gasteiger partial charge is 0.366 e. The molecule has 0 aliphatic carbocycles. The topological polar surface area (TPSA) is 43.1 Å². The Hall–Kier alpha value is -1.31. The van der Waals surface area contributed by atoms with Crippen LogP contribution >= 0.6 is 0 Å². The Morgan fingerprint density at radius 1 is 1.14 bits per heavy atom. The summed E-state index contributed by atoms with van der Waals surface area (Å²) < 4.78 is 0. The van der Waals surface area contributed by atoms with Gasteiger partial charge in [-0.1, -0.05) is 30.4 Å². The van der Waals surface area contributed by atoms with Gasteiger partial charge in [-0.15, -0.1) is 0 Å². The molecule has 0 aromatic carbocycles. The summed E-state index contributed by atoms with van der Waals surface area (Å²) in [5.74, 6) is -0.363. The van der Waals surface area contributed by atoms with Gasteiger partial charge in [0.1, 0.15) is 0 Å². The van der Waals surface area contributed by atoms with Gasteiger partial charge in [0.2, 0.25) is 5.91 Å². The van der Waals surface area contributed by atoms with Gasteiger partial charge in [-0.3, -0.25) is 4.79 Å². The molecule has 0 fully saturated rings. The molecule has 2 heteroatoms. The van der Waals surface area contributed by atoms with Gasteiger partial charge in [-0.2, -0.15) is 0 Å². The number of primary amides is 1. The molecule has 0 saturated carbocycles. The minimum atomic E-state index is -0.363. The predicted molar refractivity (Wildman–Crippen MR) is 60.8 cm³/mol. The zero-order chi connectivity index (χ0) is 10.6. The molecule has 0 saturated heterocycles. The molecule has 0 atom stereocenters. The van der Waals surface area contributed by atoms with Gasteiger partial charge in [-0.25, -0.2) is 0 Å². The fourth-order valence-corrected chi connectivity index (χ4v) is 1.01. The molecule has 0 aliphatic rings. The van der Waals surface area contributed by atoms with Crippen molar-refractivity contribution in [3.05, 3.63) is 36.5 Å². The molecule has 2 nitrogen and oxygen atoms in total. The Bertz CT molecular complexity index is 226. The standard InChI is InChI=1S/C12H19NO/c1-2-3-4-5-6-7-8-9-10-11-12(13)14/h2-5,10-11H,6-9H2,1H3,(H2,13,14). The number of carbonyl (C=O) groups excluding carboxylic acids is 1. The fourth-order valence-electron chi connectivity index (χ4n) is 1.01. The first-order valence-corrected chi connectivity index (χ1v) is 5.01. The van der Waals surface area contributed by atoms with Crippen molar-refractivity contribution in [1.29, 1.82) is 0 Å². The summed E-state index contributed by atoms with van der Waals surface area (Å²) in [7, 11) is 0. The number of allylic oxidation sites excluding steroid dienone is 5. The molecule has 0 radical (unpaired) electrons. The van der Waals surface area contributed by atoms with Crippen molar-refractivity contribution in [2.45, 2.75) is 32.6 Å². The number of unbranched alkanes of at least 4 members (excludes halogenated alkanes) is 3. The van der Waals surface area contributed by atoms with Gasteiger partial charge in [0.25, 0.3) is 0 Å². The van der Waals surface area contributed by atoms with Crippen molar-refractivity contribution in [3.8, 4) is 0 Å². The quantitative estimate of drug-likeness (QED) is 0.377. The van der Waals surface area contributed by atoms with E-state index in [0.717, 1.165) is 25.7 Å². The van der Waals surface area contributed by atoms with Crippen molar-refractivity contribution in [2.24, 2.45) is 5.73 Å². The van der Waals surface area contributed by atoms with E-state index in [1.54, 1.807) is 0 Å². The highest BCUT2D eigenvalue weighted by Gasteiger charge is 1.84. The molecule has 0 spiro atoms. The predicted octanol–water partition coefficient (Wildman–Crippen LogP) is 2.72. The van der Waals surface area contributed by atoms with Crippen LogP contribution in [0.25, 0.3) is 0 Å². The number of hydrogen-bond donors (Lipinski definition) is 1. The third-order valence-corrected chi connectivity index (χ3v) is 1.71. The Balaban J connectivity index is 3.26. The Morgan fingerprint density at radius 2 is 1.79 bits per heavy atom. The van der Waals surface area contributed by atoms with Crippen molar-refractivity contribution < 1.29 is 4.79 Å². The summed E-state index contributed by atoms with van der Waals surface area (Å²) in [6.45, 7) is 2.00. The van der Waals surface area contributed by atoms with E-state index in [1.807, 2.05) is 25.2 Å². The number of rotatable bonds is 7. The van der Waals surface area contributed by atoms with E-state index >= 15 is 0 Å². The van der Waals surface area contributed by atoms with Crippen molar-refractivity contribution in [2.75, 3.05) is 0 Å². The van der Waals surface area contributed by atoms with Gasteiger partial charge >= 0.3 is 0 Å². The van der Waals surface area contributed by atoms with Crippen LogP contribution in [0.4, 0.5) is 0 Å². The van der Waals surface area contributed by atoms with Gasteiger partial charge in [0.05, 0.1) is 0 Å². The average molecular weight is 193 g/mol. The maximum absolute atomic E-state index is 10.3. The van der Waals surface area contributed by atoms with Crippen LogP contribution in [0.2, 0.25) is 0 Å². The second-order valence-electron chi connectivity index (χ2n) is 3.04. The molecular weight excluding hydrogens is 174 g/mol. The minimum Gasteiger partial charge on any atom is -0.366 e. The summed E-state index contributed by atoms with van der Waals surface area (Å²) in [5, 5.41) is 0. The molecule has 1 amide bonds. The van der Waals surface area contributed by atoms with Crippen molar-refractivity contribution in [1.82, 2.24) is 0 Å². The highest BCUT2D eigenvalue weighted by molar-refractivity contribution is 5.85. The minimum absolute atomic E-state index is 0.363. The van der Waals surface area contributed by atoms with Gasteiger partial charge in [0.15, 0.2) is 0 Å². The van der Waals surface area contributed by atoms with E-state index in [0.29, 0.717) is 0 Å². The van der Waals surface area contributed by atoms with Gasteiger partial charge < -0.3 is 5.73 Å². The molecule has 0 heterocycles. The Kier molecular flexibility index (Phi) is 8.86. The van der Waals surface area contributed by atoms with Crippen LogP contribution in [-0.4, -0.2) is 5.91 Å². The molecule has 14 heavy (non-hydrogen) atoms. The summed E-state index contributed by atoms with van der Waals surface area (Å²) in [6, 6.07) is 0. The molecule has 2 N–H and O–H groups in total. The Morgan fingerprint density at radius 3 is 2.36 bits per heavy atom. The lowest BCUT2D eigenvalue weighted by atomic mass is 10.2. The van der Waals surface area contributed by atoms with E-state index < -0.39 is 0 Å². The van der Waals surface area contributed by atoms with Crippen LogP contribution in [0.5, 0.6) is 0 Å². The van der Waals surface area contributed by atoms with Crippen LogP contribution in [0.3, 0.4) is 0 Å². The molecular formula is C12H19NO. The zero-order valence-corrected chi connectivity index (χ0v) is 8.78. The zero-order valence-electron chi connectivity index (χ0n) is 8.78. The van der Waals surface area contributed by atoms with E-state index in [4.69, 9.17) is 5.73 Å². The highest BCUT2D eigenvalue weighted by atomic mass is 16.1. The van der Waals surface area contributed by atoms with E-state index in [-0.39, 0.29) is 5.91 Å². The summed E-state index contributed by atoms with van der Waals surface area (Å²) in [5.41, 5.74) is 4.94. The van der Waals surface area contributed by atoms with E-state index in [1.165, 1.54) is 6.08 Å². The van der Waals surface area contributed by atoms with Crippen LogP contribution in [0, 0.1) is 0 Å². The first-order valence-electron chi connectivity index (χ1n) is 5.01. The SMILES string of the molecule is CC=CC=CCCCCC=CC(N)=O. The third-order valence-electron chi connectivity index (χ3n) is 1.71. The van der Waals surface area contributed by atoms with E-state index in [9.17, 15) is 4.79 Å². The maximum Gasteiger partial charge on any atom is 0.241 e. The van der Waals surface area contributed by atoms with Crippen LogP contribution < -0.4 is 5.73 Å². The van der Waals surface area contributed by atoms with Crippen molar-refractivity contribution >= 4 is 5.91 Å². The van der Waals surface area contributed by atoms with Crippen LogP contribution in [0.1, 0.15) is 32.6 Å². The van der Waals surface area contributed by atoms with E-state index in [2.05, 4.69) is 12.2 Å². The van der Waals surface area contributed by atoms with Gasteiger partial charge in [0, 0.05) is 0 Å². The van der Waals surface area contributed by atoms with Gasteiger partial charge in [-0.05, 0) is 38.7 Å². The fraction of sp³-hybridized carbons (Fsp3) is 0.417. The number of hydrogen-bond acceptors (Lipinski definition) is 1. The molecule has 78 valence electrons. The normalized spacial score (nSPS) is 12.1. The molecule has 0 aromatic heterocycles. The molecule has 0 unspecified atom stereocenters. The highest BCUT2D eigenvalue weighted by Crippen LogP contribution is 2.01.